The molecule has 35 heavy (non-hydrogen) atoms. The normalized spacial score (nSPS) is 16.3. The van der Waals surface area contributed by atoms with Crippen LogP contribution < -0.4 is 5.32 Å². The molecule has 0 saturated carbocycles. The van der Waals surface area contributed by atoms with E-state index < -0.39 is 0 Å². The van der Waals surface area contributed by atoms with E-state index in [0.29, 0.717) is 6.04 Å². The minimum Gasteiger partial charge on any atom is -0.353 e. The van der Waals surface area contributed by atoms with Gasteiger partial charge >= 0.3 is 0 Å². The van der Waals surface area contributed by atoms with Crippen LogP contribution in [0.5, 0.6) is 0 Å². The second-order valence-corrected chi connectivity index (χ2v) is 9.43. The fourth-order valence-electron chi connectivity index (χ4n) is 5.32. The van der Waals surface area contributed by atoms with Gasteiger partial charge in [-0.15, -0.1) is 0 Å². The molecule has 1 fully saturated rings. The van der Waals surface area contributed by atoms with Crippen LogP contribution in [0.3, 0.4) is 0 Å². The zero-order valence-electron chi connectivity index (χ0n) is 20.3. The topological polar surface area (TPSA) is 48.5 Å². The molecule has 1 saturated heterocycles. The zero-order valence-corrected chi connectivity index (χ0v) is 20.3. The van der Waals surface area contributed by atoms with Crippen LogP contribution >= 0.6 is 0 Å². The van der Waals surface area contributed by atoms with E-state index in [1.54, 1.807) is 24.5 Å². The molecule has 0 spiro atoms. The lowest BCUT2D eigenvalue weighted by molar-refractivity contribution is -0.116. The molecule has 5 heteroatoms. The SMILES string of the molecule is O=C(C=Cc1cccnc1)NCCCCCN1CCN(C2c3ccccc3-c3ccccc32)CC1. The van der Waals surface area contributed by atoms with Gasteiger partial charge in [-0.2, -0.15) is 0 Å². The van der Waals surface area contributed by atoms with Crippen molar-refractivity contribution in [1.82, 2.24) is 20.1 Å². The molecule has 3 aromatic rings. The van der Waals surface area contributed by atoms with Gasteiger partial charge in [-0.1, -0.05) is 61.0 Å². The maximum Gasteiger partial charge on any atom is 0.243 e. The van der Waals surface area contributed by atoms with E-state index in [0.717, 1.165) is 57.7 Å². The first-order valence-corrected chi connectivity index (χ1v) is 12.8. The highest BCUT2D eigenvalue weighted by atomic mass is 16.1. The molecule has 0 radical (unpaired) electrons. The van der Waals surface area contributed by atoms with Crippen molar-refractivity contribution in [3.63, 3.8) is 0 Å². The van der Waals surface area contributed by atoms with Crippen LogP contribution in [0.15, 0.2) is 79.1 Å². The number of nitrogens with one attached hydrogen (secondary N) is 1. The first-order chi connectivity index (χ1) is 17.3. The van der Waals surface area contributed by atoms with Gasteiger partial charge in [0, 0.05) is 51.2 Å². The Labute approximate surface area is 208 Å². The predicted octanol–water partition coefficient (Wildman–Crippen LogP) is 4.77. The Hall–Kier alpha value is -3.28. The number of rotatable bonds is 9. The lowest BCUT2D eigenvalue weighted by Gasteiger charge is -2.38. The first kappa shape index (κ1) is 23.5. The van der Waals surface area contributed by atoms with Crippen molar-refractivity contribution in [2.75, 3.05) is 39.3 Å². The molecule has 1 aliphatic carbocycles. The monoisotopic (exact) mass is 466 g/mol. The van der Waals surface area contributed by atoms with Gasteiger partial charge in [0.25, 0.3) is 0 Å². The third-order valence-corrected chi connectivity index (χ3v) is 7.13. The minimum atomic E-state index is -0.0416. The number of aromatic nitrogens is 1. The summed E-state index contributed by atoms with van der Waals surface area (Å²) in [7, 11) is 0. The molecule has 5 rings (SSSR count). The van der Waals surface area contributed by atoms with Crippen molar-refractivity contribution in [2.24, 2.45) is 0 Å². The van der Waals surface area contributed by atoms with Crippen LogP contribution in [0.2, 0.25) is 0 Å². The van der Waals surface area contributed by atoms with Crippen LogP contribution in [-0.4, -0.2) is 60.0 Å². The average Bonchev–Trinajstić information content (AvgIpc) is 3.25. The van der Waals surface area contributed by atoms with Crippen molar-refractivity contribution in [3.05, 3.63) is 95.8 Å². The Kier molecular flexibility index (Phi) is 7.66. The fraction of sp³-hybridized carbons (Fsp3) is 0.333. The molecule has 1 amide bonds. The van der Waals surface area contributed by atoms with Crippen molar-refractivity contribution in [1.29, 1.82) is 0 Å². The molecule has 2 aliphatic rings. The number of hydrogen-bond acceptors (Lipinski definition) is 4. The van der Waals surface area contributed by atoms with E-state index in [2.05, 4.69) is 68.6 Å². The van der Waals surface area contributed by atoms with Gasteiger partial charge in [0.1, 0.15) is 0 Å². The summed E-state index contributed by atoms with van der Waals surface area (Å²) in [5, 5.41) is 2.98. The molecule has 1 aliphatic heterocycles. The Morgan fingerprint density at radius 2 is 1.60 bits per heavy atom. The van der Waals surface area contributed by atoms with Gasteiger partial charge < -0.3 is 10.2 Å². The average molecular weight is 467 g/mol. The number of pyridine rings is 1. The van der Waals surface area contributed by atoms with Crippen molar-refractivity contribution < 1.29 is 4.79 Å². The van der Waals surface area contributed by atoms with Crippen molar-refractivity contribution >= 4 is 12.0 Å². The third-order valence-electron chi connectivity index (χ3n) is 7.13. The summed E-state index contributed by atoms with van der Waals surface area (Å²) in [5.74, 6) is -0.0416. The molecule has 1 N–H and O–H groups in total. The number of carbonyl (C=O) groups is 1. The molecule has 2 aromatic carbocycles. The van der Waals surface area contributed by atoms with Gasteiger partial charge in [-0.25, -0.2) is 0 Å². The molecular formula is C30H34N4O. The largest absolute Gasteiger partial charge is 0.353 e. The van der Waals surface area contributed by atoms with Crippen molar-refractivity contribution in [2.45, 2.75) is 25.3 Å². The van der Waals surface area contributed by atoms with Gasteiger partial charge in [0.2, 0.25) is 5.91 Å². The quantitative estimate of drug-likeness (QED) is 0.365. The van der Waals surface area contributed by atoms with Gasteiger partial charge in [0.05, 0.1) is 6.04 Å². The van der Waals surface area contributed by atoms with Crippen LogP contribution in [0.4, 0.5) is 0 Å². The zero-order chi connectivity index (χ0) is 23.9. The van der Waals surface area contributed by atoms with Crippen LogP contribution in [0, 0.1) is 0 Å². The van der Waals surface area contributed by atoms with Crippen LogP contribution in [0.1, 0.15) is 42.0 Å². The van der Waals surface area contributed by atoms with Crippen LogP contribution in [-0.2, 0) is 4.79 Å². The van der Waals surface area contributed by atoms with E-state index in [1.807, 2.05) is 12.1 Å². The lowest BCUT2D eigenvalue weighted by atomic mass is 10.0. The molecule has 5 nitrogen and oxygen atoms in total. The van der Waals surface area contributed by atoms with Crippen molar-refractivity contribution in [3.8, 4) is 11.1 Å². The maximum absolute atomic E-state index is 12.0. The highest BCUT2D eigenvalue weighted by Crippen LogP contribution is 2.46. The smallest absolute Gasteiger partial charge is 0.243 e. The Morgan fingerprint density at radius 3 is 2.29 bits per heavy atom. The summed E-state index contributed by atoms with van der Waals surface area (Å²) in [5.41, 5.74) is 6.65. The van der Waals surface area contributed by atoms with E-state index >= 15 is 0 Å². The van der Waals surface area contributed by atoms with Gasteiger partial charge in [-0.3, -0.25) is 14.7 Å². The summed E-state index contributed by atoms with van der Waals surface area (Å²) in [4.78, 5) is 21.3. The van der Waals surface area contributed by atoms with E-state index in [9.17, 15) is 4.79 Å². The predicted molar refractivity (Wildman–Crippen MR) is 142 cm³/mol. The summed E-state index contributed by atoms with van der Waals surface area (Å²) >= 11 is 0. The van der Waals surface area contributed by atoms with E-state index in [4.69, 9.17) is 0 Å². The Bertz CT molecular complexity index is 1110. The Morgan fingerprint density at radius 1 is 0.886 bits per heavy atom. The van der Waals surface area contributed by atoms with E-state index in [-0.39, 0.29) is 5.91 Å². The first-order valence-electron chi connectivity index (χ1n) is 12.8. The number of hydrogen-bond donors (Lipinski definition) is 1. The summed E-state index contributed by atoms with van der Waals surface area (Å²) in [6.07, 6.45) is 10.2. The number of amides is 1. The third kappa shape index (κ3) is 5.69. The number of carbonyl (C=O) groups excluding carboxylic acids is 1. The minimum absolute atomic E-state index is 0.0416. The molecule has 0 unspecified atom stereocenters. The number of nitrogens with zero attached hydrogens (tertiary/aromatic N) is 3. The summed E-state index contributed by atoms with van der Waals surface area (Å²) < 4.78 is 0. The summed E-state index contributed by atoms with van der Waals surface area (Å²) in [6, 6.07) is 22.0. The fourth-order valence-corrected chi connectivity index (χ4v) is 5.32. The highest BCUT2D eigenvalue weighted by Gasteiger charge is 2.33. The highest BCUT2D eigenvalue weighted by molar-refractivity contribution is 5.91. The van der Waals surface area contributed by atoms with Crippen LogP contribution in [0.25, 0.3) is 17.2 Å². The van der Waals surface area contributed by atoms with Gasteiger partial charge in [-0.05, 0) is 59.3 Å². The Balaban J connectivity index is 1.01. The summed E-state index contributed by atoms with van der Waals surface area (Å²) in [6.45, 7) is 6.32. The second-order valence-electron chi connectivity index (χ2n) is 9.43. The number of fused-ring (bicyclic) bond motifs is 3. The number of unbranched alkanes of at least 4 members (excludes halogenated alkanes) is 2. The molecule has 2 heterocycles. The molecule has 0 atom stereocenters. The molecular weight excluding hydrogens is 432 g/mol. The molecule has 0 bridgehead atoms. The standard InChI is InChI=1S/C30H34N4O/c35-29(15-14-24-9-8-16-31-23-24)32-17-6-1-7-18-33-19-21-34(22-20-33)30-27-12-4-2-10-25(27)26-11-3-5-13-28(26)30/h2-5,8-16,23,30H,1,6-7,17-22H2,(H,32,35). The number of piperazine rings is 1. The van der Waals surface area contributed by atoms with E-state index in [1.165, 1.54) is 28.7 Å². The molecule has 1 aromatic heterocycles. The van der Waals surface area contributed by atoms with Gasteiger partial charge in [0.15, 0.2) is 0 Å². The lowest BCUT2D eigenvalue weighted by Crippen LogP contribution is -2.47. The number of benzene rings is 2. The molecule has 180 valence electrons. The second kappa shape index (κ2) is 11.4. The maximum atomic E-state index is 12.0.